The fourth-order valence-electron chi connectivity index (χ4n) is 8.93. The molecule has 0 saturated heterocycles. The first kappa shape index (κ1) is 34.0. The van der Waals surface area contributed by atoms with Crippen molar-refractivity contribution in [1.29, 1.82) is 0 Å². The number of aliphatic hydroxyl groups excluding tert-OH is 1. The van der Waals surface area contributed by atoms with Crippen LogP contribution >= 0.6 is 0 Å². The van der Waals surface area contributed by atoms with E-state index in [0.29, 0.717) is 48.2 Å². The number of amides is 1. The number of fused-ring (bicyclic) bond motifs is 5. The van der Waals surface area contributed by atoms with E-state index in [1.807, 2.05) is 24.9 Å². The zero-order chi connectivity index (χ0) is 30.8. The van der Waals surface area contributed by atoms with Gasteiger partial charge in [-0.25, -0.2) is 0 Å². The Morgan fingerprint density at radius 3 is 2.37 bits per heavy atom. The number of carbonyl (C=O) groups is 2. The summed E-state index contributed by atoms with van der Waals surface area (Å²) in [6, 6.07) is 6.44. The molecule has 43 heavy (non-hydrogen) atoms. The third-order valence-corrected chi connectivity index (χ3v) is 11.5. The zero-order valence-electron chi connectivity index (χ0n) is 27.9. The van der Waals surface area contributed by atoms with Gasteiger partial charge in [-0.2, -0.15) is 0 Å². The van der Waals surface area contributed by atoms with Crippen LogP contribution in [0.3, 0.4) is 0 Å². The number of aliphatic hydroxyl groups is 1. The number of hydrogen-bond donors (Lipinski definition) is 1. The van der Waals surface area contributed by atoms with Crippen molar-refractivity contribution in [2.45, 2.75) is 155 Å². The van der Waals surface area contributed by atoms with Crippen LogP contribution in [0.1, 0.15) is 153 Å². The second kappa shape index (κ2) is 16.4. The average Bonchev–Trinajstić information content (AvgIpc) is 3.30. The summed E-state index contributed by atoms with van der Waals surface area (Å²) in [5, 5.41) is 11.0. The Labute approximate surface area is 262 Å². The minimum absolute atomic E-state index is 0.0715. The summed E-state index contributed by atoms with van der Waals surface area (Å²) >= 11 is 0. The molecule has 1 N–H and O–H groups in total. The van der Waals surface area contributed by atoms with Crippen molar-refractivity contribution in [2.24, 2.45) is 23.2 Å². The maximum absolute atomic E-state index is 12.2. The molecular formula is C38H61NO4. The smallest absolute Gasteiger partial charge is 0.311 e. The molecule has 2 fully saturated rings. The number of unbranched alkanes of at least 4 members (excludes halogenated alkanes) is 8. The number of esters is 1. The van der Waals surface area contributed by atoms with Crippen LogP contribution in [0.5, 0.6) is 5.75 Å². The van der Waals surface area contributed by atoms with E-state index >= 15 is 0 Å². The molecule has 3 unspecified atom stereocenters. The molecule has 0 aromatic heterocycles. The lowest BCUT2D eigenvalue weighted by Crippen LogP contribution is -2.47. The molecule has 242 valence electrons. The van der Waals surface area contributed by atoms with E-state index < -0.39 is 0 Å². The quantitative estimate of drug-likeness (QED) is 0.111. The first-order valence-corrected chi connectivity index (χ1v) is 18.0. The van der Waals surface area contributed by atoms with E-state index in [0.717, 1.165) is 64.3 Å². The van der Waals surface area contributed by atoms with Gasteiger partial charge in [-0.3, -0.25) is 9.59 Å². The van der Waals surface area contributed by atoms with E-state index in [1.165, 1.54) is 62.5 Å². The molecule has 6 atom stereocenters. The molecular weight excluding hydrogens is 534 g/mol. The SMILES string of the molecule is CCCCN(C)C(=O)CCCCCCCCCC[C@@H]1Cc2cc(OC(=O)CCC)ccc2C2CC[C@@]3(C)C(CC[C@@H]3O)C21. The fourth-order valence-corrected chi connectivity index (χ4v) is 8.93. The van der Waals surface area contributed by atoms with E-state index in [4.69, 9.17) is 4.74 Å². The highest BCUT2D eigenvalue weighted by molar-refractivity contribution is 5.75. The van der Waals surface area contributed by atoms with Gasteiger partial charge in [-0.1, -0.05) is 78.2 Å². The van der Waals surface area contributed by atoms with Gasteiger partial charge in [-0.15, -0.1) is 0 Å². The zero-order valence-corrected chi connectivity index (χ0v) is 27.9. The Hall–Kier alpha value is -1.88. The van der Waals surface area contributed by atoms with Crippen molar-refractivity contribution in [3.63, 3.8) is 0 Å². The van der Waals surface area contributed by atoms with Crippen LogP contribution in [0.2, 0.25) is 0 Å². The Kier molecular flexibility index (Phi) is 13.0. The summed E-state index contributed by atoms with van der Waals surface area (Å²) in [5.41, 5.74) is 2.95. The van der Waals surface area contributed by atoms with Crippen molar-refractivity contribution >= 4 is 11.9 Å². The molecule has 0 radical (unpaired) electrons. The number of carbonyl (C=O) groups excluding carboxylic acids is 2. The summed E-state index contributed by atoms with van der Waals surface area (Å²) in [6.07, 6.45) is 20.6. The average molecular weight is 596 g/mol. The second-order valence-corrected chi connectivity index (χ2v) is 14.5. The third kappa shape index (κ3) is 8.65. The Morgan fingerprint density at radius 1 is 0.930 bits per heavy atom. The summed E-state index contributed by atoms with van der Waals surface area (Å²) in [7, 11) is 1.94. The lowest BCUT2D eigenvalue weighted by molar-refractivity contribution is -0.134. The van der Waals surface area contributed by atoms with Gasteiger partial charge in [0.25, 0.3) is 0 Å². The van der Waals surface area contributed by atoms with Gasteiger partial charge in [0.1, 0.15) is 5.75 Å². The molecule has 0 aliphatic heterocycles. The van der Waals surface area contributed by atoms with Gasteiger partial charge in [0.2, 0.25) is 5.91 Å². The lowest BCUT2D eigenvalue weighted by Gasteiger charge is -2.53. The topological polar surface area (TPSA) is 66.8 Å². The number of rotatable bonds is 17. The van der Waals surface area contributed by atoms with Crippen LogP contribution < -0.4 is 4.74 Å². The van der Waals surface area contributed by atoms with Crippen LogP contribution in [0.15, 0.2) is 18.2 Å². The molecule has 5 heteroatoms. The molecule has 3 aliphatic rings. The van der Waals surface area contributed by atoms with Gasteiger partial charge in [0, 0.05) is 26.4 Å². The van der Waals surface area contributed by atoms with E-state index in [-0.39, 0.29) is 17.5 Å². The summed E-state index contributed by atoms with van der Waals surface area (Å²) in [4.78, 5) is 26.3. The molecule has 0 heterocycles. The van der Waals surface area contributed by atoms with Crippen LogP contribution in [-0.2, 0) is 16.0 Å². The molecule has 2 saturated carbocycles. The van der Waals surface area contributed by atoms with Crippen molar-refractivity contribution in [2.75, 3.05) is 13.6 Å². The molecule has 3 aliphatic carbocycles. The molecule has 1 aromatic carbocycles. The Balaban J connectivity index is 1.26. The Bertz CT molecular complexity index is 1040. The van der Waals surface area contributed by atoms with Crippen molar-refractivity contribution in [3.8, 4) is 5.75 Å². The number of benzene rings is 1. The van der Waals surface area contributed by atoms with Gasteiger partial charge >= 0.3 is 5.97 Å². The van der Waals surface area contributed by atoms with Crippen molar-refractivity contribution < 1.29 is 19.4 Å². The molecule has 1 aromatic rings. The highest BCUT2D eigenvalue weighted by atomic mass is 16.5. The minimum atomic E-state index is -0.152. The first-order valence-electron chi connectivity index (χ1n) is 18.0. The van der Waals surface area contributed by atoms with E-state index in [2.05, 4.69) is 26.0 Å². The molecule has 4 rings (SSSR count). The molecule has 1 amide bonds. The molecule has 0 bridgehead atoms. The number of hydrogen-bond acceptors (Lipinski definition) is 4. The third-order valence-electron chi connectivity index (χ3n) is 11.5. The van der Waals surface area contributed by atoms with Crippen LogP contribution in [0, 0.1) is 23.2 Å². The summed E-state index contributed by atoms with van der Waals surface area (Å²) in [6.45, 7) is 7.44. The summed E-state index contributed by atoms with van der Waals surface area (Å²) < 4.78 is 5.70. The predicted molar refractivity (Wildman–Crippen MR) is 175 cm³/mol. The monoisotopic (exact) mass is 595 g/mol. The standard InChI is InChI=1S/C38H61NO4/c1-5-7-25-39(4)35(41)18-15-13-11-9-8-10-12-14-17-28-26-29-27-30(43-36(42)16-6-2)19-20-31(29)32-23-24-38(3)33(37(28)32)21-22-34(38)40/h19-20,27-28,32-34,37,40H,5-18,21-26H2,1-4H3/t28-,32?,33?,34+,37?,38+/m1/s1. The highest BCUT2D eigenvalue weighted by Gasteiger charge is 2.56. The van der Waals surface area contributed by atoms with Crippen molar-refractivity contribution in [3.05, 3.63) is 29.3 Å². The lowest BCUT2D eigenvalue weighted by atomic mass is 9.52. The van der Waals surface area contributed by atoms with Gasteiger partial charge in [0.05, 0.1) is 6.10 Å². The largest absolute Gasteiger partial charge is 0.427 e. The molecule has 0 spiro atoms. The first-order chi connectivity index (χ1) is 20.8. The maximum Gasteiger partial charge on any atom is 0.311 e. The predicted octanol–water partition coefficient (Wildman–Crippen LogP) is 8.99. The fraction of sp³-hybridized carbons (Fsp3) is 0.789. The minimum Gasteiger partial charge on any atom is -0.427 e. The van der Waals surface area contributed by atoms with Crippen LogP contribution in [-0.4, -0.2) is 41.6 Å². The summed E-state index contributed by atoms with van der Waals surface area (Å²) in [5.74, 6) is 3.35. The second-order valence-electron chi connectivity index (χ2n) is 14.5. The Morgan fingerprint density at radius 2 is 1.65 bits per heavy atom. The van der Waals surface area contributed by atoms with Crippen LogP contribution in [0.4, 0.5) is 0 Å². The van der Waals surface area contributed by atoms with Gasteiger partial charge < -0.3 is 14.7 Å². The van der Waals surface area contributed by atoms with Crippen molar-refractivity contribution in [1.82, 2.24) is 4.90 Å². The van der Waals surface area contributed by atoms with E-state index in [1.54, 1.807) is 0 Å². The normalized spacial score (nSPS) is 27.7. The van der Waals surface area contributed by atoms with E-state index in [9.17, 15) is 14.7 Å². The number of nitrogens with zero attached hydrogens (tertiary/aromatic N) is 1. The maximum atomic E-state index is 12.2. The van der Waals surface area contributed by atoms with Gasteiger partial charge in [-0.05, 0) is 110 Å². The van der Waals surface area contributed by atoms with Crippen LogP contribution in [0.25, 0.3) is 0 Å². The molecule has 5 nitrogen and oxygen atoms in total. The highest BCUT2D eigenvalue weighted by Crippen LogP contribution is 2.62. The van der Waals surface area contributed by atoms with Gasteiger partial charge in [0.15, 0.2) is 0 Å². The number of ether oxygens (including phenoxy) is 1.